The third kappa shape index (κ3) is 2.19. The van der Waals surface area contributed by atoms with Gasteiger partial charge in [0.1, 0.15) is 0 Å². The zero-order chi connectivity index (χ0) is 9.24. The van der Waals surface area contributed by atoms with Crippen molar-refractivity contribution in [1.82, 2.24) is 0 Å². The number of nitriles is 1. The molecule has 0 saturated heterocycles. The van der Waals surface area contributed by atoms with Crippen LogP contribution in [-0.4, -0.2) is 21.3 Å². The minimum Gasteiger partial charge on any atom is -0.269 e. The van der Waals surface area contributed by atoms with Gasteiger partial charge in [-0.2, -0.15) is 13.7 Å². The first-order chi connectivity index (χ1) is 5.47. The predicted octanol–water partition coefficient (Wildman–Crippen LogP) is 0.656. The Morgan fingerprint density at radius 3 is 2.42 bits per heavy atom. The Hall–Kier alpha value is -0.600. The topological polar surface area (TPSA) is 67.2 Å². The van der Waals surface area contributed by atoms with E-state index >= 15 is 0 Å². The van der Waals surface area contributed by atoms with E-state index in [-0.39, 0.29) is 6.61 Å². The van der Waals surface area contributed by atoms with Crippen molar-refractivity contribution in [2.75, 3.05) is 12.9 Å². The van der Waals surface area contributed by atoms with Crippen LogP contribution < -0.4 is 0 Å². The molecule has 1 saturated carbocycles. The molecule has 1 rings (SSSR count). The van der Waals surface area contributed by atoms with Crippen LogP contribution in [0.1, 0.15) is 19.3 Å². The van der Waals surface area contributed by atoms with Crippen LogP contribution in [0, 0.1) is 16.7 Å². The van der Waals surface area contributed by atoms with Crippen LogP contribution in [0.4, 0.5) is 0 Å². The standard InChI is InChI=1S/C7H11NO3S/c1-12(9,10)11-6-7(5-8)3-2-4-7/h2-4,6H2,1H3. The van der Waals surface area contributed by atoms with E-state index in [1.54, 1.807) is 0 Å². The lowest BCUT2D eigenvalue weighted by Gasteiger charge is -2.33. The Bertz CT molecular complexity index is 297. The Kier molecular flexibility index (Phi) is 2.40. The first kappa shape index (κ1) is 9.49. The molecule has 4 nitrogen and oxygen atoms in total. The molecule has 1 fully saturated rings. The summed E-state index contributed by atoms with van der Waals surface area (Å²) in [6, 6.07) is 2.10. The maximum atomic E-state index is 10.6. The molecule has 0 spiro atoms. The lowest BCUT2D eigenvalue weighted by molar-refractivity contribution is 0.120. The zero-order valence-corrected chi connectivity index (χ0v) is 7.73. The third-order valence-corrected chi connectivity index (χ3v) is 2.64. The lowest BCUT2D eigenvalue weighted by atomic mass is 9.71. The first-order valence-electron chi connectivity index (χ1n) is 3.73. The maximum Gasteiger partial charge on any atom is 0.264 e. The number of nitrogens with zero attached hydrogens (tertiary/aromatic N) is 1. The molecule has 0 bridgehead atoms. The average Bonchev–Trinajstić information content (AvgIpc) is 1.84. The van der Waals surface area contributed by atoms with Crippen molar-refractivity contribution in [1.29, 1.82) is 5.26 Å². The minimum atomic E-state index is -3.39. The van der Waals surface area contributed by atoms with E-state index < -0.39 is 15.5 Å². The van der Waals surface area contributed by atoms with Crippen LogP contribution in [0.2, 0.25) is 0 Å². The van der Waals surface area contributed by atoms with E-state index in [1.165, 1.54) is 0 Å². The highest BCUT2D eigenvalue weighted by Crippen LogP contribution is 2.40. The van der Waals surface area contributed by atoms with Gasteiger partial charge in [-0.1, -0.05) is 6.42 Å². The summed E-state index contributed by atoms with van der Waals surface area (Å²) in [7, 11) is -3.39. The number of hydrogen-bond acceptors (Lipinski definition) is 4. The Morgan fingerprint density at radius 1 is 1.58 bits per heavy atom. The fourth-order valence-electron chi connectivity index (χ4n) is 1.11. The molecule has 0 aliphatic heterocycles. The fourth-order valence-corrected chi connectivity index (χ4v) is 1.55. The second kappa shape index (κ2) is 3.04. The van der Waals surface area contributed by atoms with Gasteiger partial charge in [0.2, 0.25) is 0 Å². The summed E-state index contributed by atoms with van der Waals surface area (Å²) < 4.78 is 25.8. The van der Waals surface area contributed by atoms with Gasteiger partial charge < -0.3 is 0 Å². The smallest absolute Gasteiger partial charge is 0.264 e. The molecule has 0 unspecified atom stereocenters. The van der Waals surface area contributed by atoms with Crippen molar-refractivity contribution in [3.8, 4) is 6.07 Å². The quantitative estimate of drug-likeness (QED) is 0.611. The summed E-state index contributed by atoms with van der Waals surface area (Å²) in [6.45, 7) is 0.0162. The van der Waals surface area contributed by atoms with Crippen LogP contribution in [0.25, 0.3) is 0 Å². The Balaban J connectivity index is 2.47. The first-order valence-corrected chi connectivity index (χ1v) is 5.55. The summed E-state index contributed by atoms with van der Waals surface area (Å²) in [5.41, 5.74) is -0.525. The second-order valence-electron chi connectivity index (χ2n) is 3.21. The molecule has 1 aliphatic rings. The number of rotatable bonds is 3. The van der Waals surface area contributed by atoms with Gasteiger partial charge >= 0.3 is 0 Å². The van der Waals surface area contributed by atoms with Gasteiger partial charge in [-0.3, -0.25) is 4.18 Å². The van der Waals surface area contributed by atoms with Crippen molar-refractivity contribution in [3.63, 3.8) is 0 Å². The SMILES string of the molecule is CS(=O)(=O)OCC1(C#N)CCC1. The van der Waals surface area contributed by atoms with Crippen LogP contribution in [-0.2, 0) is 14.3 Å². The molecular weight excluding hydrogens is 178 g/mol. The highest BCUT2D eigenvalue weighted by Gasteiger charge is 2.38. The number of hydrogen-bond donors (Lipinski definition) is 0. The minimum absolute atomic E-state index is 0.0162. The van der Waals surface area contributed by atoms with Crippen LogP contribution in [0.5, 0.6) is 0 Å². The highest BCUT2D eigenvalue weighted by molar-refractivity contribution is 7.85. The maximum absolute atomic E-state index is 10.6. The summed E-state index contributed by atoms with van der Waals surface area (Å²) in [4.78, 5) is 0. The molecule has 5 heteroatoms. The van der Waals surface area contributed by atoms with E-state index in [0.29, 0.717) is 0 Å². The Morgan fingerprint density at radius 2 is 2.17 bits per heavy atom. The lowest BCUT2D eigenvalue weighted by Crippen LogP contribution is -2.33. The van der Waals surface area contributed by atoms with Crippen molar-refractivity contribution < 1.29 is 12.6 Å². The van der Waals surface area contributed by atoms with Gasteiger partial charge in [0.25, 0.3) is 10.1 Å². The van der Waals surface area contributed by atoms with E-state index in [4.69, 9.17) is 5.26 Å². The second-order valence-corrected chi connectivity index (χ2v) is 4.86. The molecular formula is C7H11NO3S. The molecule has 1 aliphatic carbocycles. The van der Waals surface area contributed by atoms with Crippen molar-refractivity contribution in [2.45, 2.75) is 19.3 Å². The van der Waals surface area contributed by atoms with E-state index in [1.807, 2.05) is 0 Å². The fraction of sp³-hybridized carbons (Fsp3) is 0.857. The molecule has 0 N–H and O–H groups in total. The van der Waals surface area contributed by atoms with Crippen molar-refractivity contribution in [2.24, 2.45) is 5.41 Å². The average molecular weight is 189 g/mol. The highest BCUT2D eigenvalue weighted by atomic mass is 32.2. The third-order valence-electron chi connectivity index (χ3n) is 2.10. The zero-order valence-electron chi connectivity index (χ0n) is 6.91. The van der Waals surface area contributed by atoms with Gasteiger partial charge in [-0.25, -0.2) is 0 Å². The molecule has 0 heterocycles. The van der Waals surface area contributed by atoms with E-state index in [2.05, 4.69) is 10.3 Å². The molecule has 0 aromatic heterocycles. The van der Waals surface area contributed by atoms with E-state index in [0.717, 1.165) is 25.5 Å². The van der Waals surface area contributed by atoms with Gasteiger partial charge in [-0.05, 0) is 12.8 Å². The van der Waals surface area contributed by atoms with Crippen LogP contribution in [0.15, 0.2) is 0 Å². The predicted molar refractivity (Wildman–Crippen MR) is 42.7 cm³/mol. The molecule has 0 radical (unpaired) electrons. The summed E-state index contributed by atoms with van der Waals surface area (Å²) in [5.74, 6) is 0. The molecule has 0 aromatic carbocycles. The molecule has 0 aromatic rings. The normalized spacial score (nSPS) is 21.0. The molecule has 12 heavy (non-hydrogen) atoms. The van der Waals surface area contributed by atoms with Gasteiger partial charge in [0.15, 0.2) is 0 Å². The summed E-state index contributed by atoms with van der Waals surface area (Å²) in [6.07, 6.45) is 3.48. The molecule has 0 amide bonds. The Labute approximate surface area is 72.3 Å². The van der Waals surface area contributed by atoms with Crippen molar-refractivity contribution in [3.05, 3.63) is 0 Å². The van der Waals surface area contributed by atoms with E-state index in [9.17, 15) is 8.42 Å². The monoisotopic (exact) mass is 189 g/mol. The van der Waals surface area contributed by atoms with Crippen LogP contribution >= 0.6 is 0 Å². The summed E-state index contributed by atoms with van der Waals surface area (Å²) in [5, 5.41) is 8.71. The molecule has 68 valence electrons. The molecule has 0 atom stereocenters. The van der Waals surface area contributed by atoms with Gasteiger partial charge in [0, 0.05) is 0 Å². The van der Waals surface area contributed by atoms with Gasteiger partial charge in [0.05, 0.1) is 24.3 Å². The van der Waals surface area contributed by atoms with Crippen LogP contribution in [0.3, 0.4) is 0 Å². The van der Waals surface area contributed by atoms with Gasteiger partial charge in [-0.15, -0.1) is 0 Å². The summed E-state index contributed by atoms with van der Waals surface area (Å²) >= 11 is 0. The largest absolute Gasteiger partial charge is 0.269 e. The van der Waals surface area contributed by atoms with Crippen molar-refractivity contribution >= 4 is 10.1 Å².